The summed E-state index contributed by atoms with van der Waals surface area (Å²) in [6.07, 6.45) is 2.97. The topological polar surface area (TPSA) is 79.7 Å². The van der Waals surface area contributed by atoms with E-state index >= 15 is 0 Å². The van der Waals surface area contributed by atoms with E-state index in [1.165, 1.54) is 37.1 Å². The van der Waals surface area contributed by atoms with Gasteiger partial charge in [0.15, 0.2) is 0 Å². The van der Waals surface area contributed by atoms with Crippen LogP contribution in [0.25, 0.3) is 0 Å². The van der Waals surface area contributed by atoms with Crippen LogP contribution < -0.4 is 4.18 Å². The fourth-order valence-corrected chi connectivity index (χ4v) is 4.35. The average Bonchev–Trinajstić information content (AvgIpc) is 3.12. The second kappa shape index (κ2) is 8.95. The molecule has 0 amide bonds. The molecule has 0 aliphatic carbocycles. The van der Waals surface area contributed by atoms with Gasteiger partial charge in [-0.3, -0.25) is 4.57 Å². The minimum absolute atomic E-state index is 0.0140. The Labute approximate surface area is 185 Å². The normalized spacial score (nSPS) is 12.2. The molecule has 10 heteroatoms. The van der Waals surface area contributed by atoms with Crippen molar-refractivity contribution in [1.29, 1.82) is 0 Å². The Morgan fingerprint density at radius 3 is 2.33 bits per heavy atom. The summed E-state index contributed by atoms with van der Waals surface area (Å²) in [5.41, 5.74) is 1.44. The summed E-state index contributed by atoms with van der Waals surface area (Å²) < 4.78 is 43.3. The summed E-state index contributed by atoms with van der Waals surface area (Å²) in [5.74, 6) is -1.34. The summed E-state index contributed by atoms with van der Waals surface area (Å²) in [4.78, 5) is 4.05. The lowest BCUT2D eigenvalue weighted by atomic mass is 10.1. The number of nitrogens with zero attached hydrogens (tertiary/aromatic N) is 2. The lowest BCUT2D eigenvalue weighted by Gasteiger charge is -2.32. The predicted octanol–water partition coefficient (Wildman–Crippen LogP) is 4.41. The second-order valence-corrected chi connectivity index (χ2v) is 8.86. The van der Waals surface area contributed by atoms with Crippen molar-refractivity contribution in [1.82, 2.24) is 9.55 Å². The maximum absolute atomic E-state index is 12.7. The number of ether oxygens (including phenoxy) is 2. The van der Waals surface area contributed by atoms with Gasteiger partial charge in [0.05, 0.1) is 11.6 Å². The molecule has 0 bridgehead atoms. The maximum atomic E-state index is 12.7. The van der Waals surface area contributed by atoms with Gasteiger partial charge in [-0.15, -0.1) is 0 Å². The predicted molar refractivity (Wildman–Crippen MR) is 113 cm³/mol. The number of benzene rings is 2. The molecule has 0 fully saturated rings. The first-order valence-corrected chi connectivity index (χ1v) is 11.0. The number of aryl methyl sites for hydroxylation is 1. The summed E-state index contributed by atoms with van der Waals surface area (Å²) in [5, 5.41) is 0.793. The highest BCUT2D eigenvalue weighted by Crippen LogP contribution is 2.36. The largest absolute Gasteiger partial charge is 0.348 e. The molecule has 3 rings (SSSR count). The molecule has 0 radical (unpaired) electrons. The molecule has 0 aliphatic rings. The number of hydrogen-bond donors (Lipinski definition) is 0. The van der Waals surface area contributed by atoms with Gasteiger partial charge in [-0.2, -0.15) is 8.42 Å². The van der Waals surface area contributed by atoms with Gasteiger partial charge < -0.3 is 13.7 Å². The van der Waals surface area contributed by atoms with Gasteiger partial charge in [-0.05, 0) is 31.2 Å². The quantitative estimate of drug-likeness (QED) is 0.358. The van der Waals surface area contributed by atoms with Gasteiger partial charge in [0.2, 0.25) is 5.79 Å². The van der Waals surface area contributed by atoms with Crippen LogP contribution in [-0.2, 0) is 31.9 Å². The van der Waals surface area contributed by atoms with Crippen LogP contribution in [0.4, 0.5) is 0 Å². The van der Waals surface area contributed by atoms with Crippen LogP contribution in [-0.4, -0.2) is 32.2 Å². The number of methoxy groups -OCH3 is 2. The Morgan fingerprint density at radius 1 is 1.07 bits per heavy atom. The Kier molecular flexibility index (Phi) is 6.74. The van der Waals surface area contributed by atoms with Crippen molar-refractivity contribution in [3.63, 3.8) is 0 Å². The van der Waals surface area contributed by atoms with Crippen molar-refractivity contribution >= 4 is 33.3 Å². The molecule has 7 nitrogen and oxygen atoms in total. The van der Waals surface area contributed by atoms with E-state index in [2.05, 4.69) is 4.98 Å². The molecule has 1 aromatic heterocycles. The highest BCUT2D eigenvalue weighted by atomic mass is 35.5. The van der Waals surface area contributed by atoms with Crippen LogP contribution >= 0.6 is 23.2 Å². The number of hydrogen-bond acceptors (Lipinski definition) is 6. The molecule has 0 saturated heterocycles. The number of imidazole rings is 1. The van der Waals surface area contributed by atoms with E-state index in [0.29, 0.717) is 15.6 Å². The van der Waals surface area contributed by atoms with Gasteiger partial charge in [-0.1, -0.05) is 47.0 Å². The van der Waals surface area contributed by atoms with Gasteiger partial charge in [-0.25, -0.2) is 4.98 Å². The van der Waals surface area contributed by atoms with E-state index in [9.17, 15) is 8.42 Å². The molecule has 1 heterocycles. The van der Waals surface area contributed by atoms with Crippen molar-refractivity contribution in [2.75, 3.05) is 14.2 Å². The van der Waals surface area contributed by atoms with Crippen LogP contribution in [0.2, 0.25) is 10.0 Å². The van der Waals surface area contributed by atoms with Crippen molar-refractivity contribution in [3.05, 3.63) is 76.0 Å². The van der Waals surface area contributed by atoms with E-state index in [0.717, 1.165) is 5.56 Å². The summed E-state index contributed by atoms with van der Waals surface area (Å²) >= 11 is 12.3. The number of halogens is 2. The Balaban J connectivity index is 1.94. The number of rotatable bonds is 8. The van der Waals surface area contributed by atoms with Crippen LogP contribution in [0.3, 0.4) is 0 Å². The molecule has 30 heavy (non-hydrogen) atoms. The fourth-order valence-electron chi connectivity index (χ4n) is 2.90. The summed E-state index contributed by atoms with van der Waals surface area (Å²) in [6, 6.07) is 11.1. The average molecular weight is 471 g/mol. The monoisotopic (exact) mass is 470 g/mol. The second-order valence-electron chi connectivity index (χ2n) is 6.47. The minimum atomic E-state index is -4.08. The number of aromatic nitrogens is 2. The van der Waals surface area contributed by atoms with Crippen molar-refractivity contribution in [3.8, 4) is 6.01 Å². The van der Waals surface area contributed by atoms with Gasteiger partial charge >= 0.3 is 16.1 Å². The molecular formula is C20H20Cl2N2O5S. The van der Waals surface area contributed by atoms with Crippen LogP contribution in [0.15, 0.2) is 59.8 Å². The van der Waals surface area contributed by atoms with E-state index in [-0.39, 0.29) is 17.5 Å². The maximum Gasteiger partial charge on any atom is 0.341 e. The van der Waals surface area contributed by atoms with Crippen LogP contribution in [0.1, 0.15) is 11.1 Å². The van der Waals surface area contributed by atoms with Crippen molar-refractivity contribution in [2.24, 2.45) is 0 Å². The van der Waals surface area contributed by atoms with Crippen molar-refractivity contribution in [2.45, 2.75) is 24.2 Å². The van der Waals surface area contributed by atoms with E-state index in [1.54, 1.807) is 36.5 Å². The van der Waals surface area contributed by atoms with Gasteiger partial charge in [0, 0.05) is 37.2 Å². The molecule has 160 valence electrons. The zero-order valence-electron chi connectivity index (χ0n) is 16.5. The zero-order chi connectivity index (χ0) is 21.9. The lowest BCUT2D eigenvalue weighted by molar-refractivity contribution is -0.224. The summed E-state index contributed by atoms with van der Waals surface area (Å²) in [6.45, 7) is 1.88. The van der Waals surface area contributed by atoms with Crippen molar-refractivity contribution < 1.29 is 22.1 Å². The molecule has 0 aliphatic heterocycles. The minimum Gasteiger partial charge on any atom is -0.348 e. The first-order chi connectivity index (χ1) is 14.2. The molecule has 0 atom stereocenters. The smallest absolute Gasteiger partial charge is 0.341 e. The lowest BCUT2D eigenvalue weighted by Crippen LogP contribution is -2.36. The standard InChI is InChI=1S/C20H20Cl2N2O5S/c1-14-4-7-16(8-5-14)30(25,26)29-19-23-10-11-24(19)13-20(27-2,28-3)17-9-6-15(21)12-18(17)22/h4-12H,13H2,1-3H3. The van der Waals surface area contributed by atoms with E-state index in [1.807, 2.05) is 6.92 Å². The molecule has 2 aromatic carbocycles. The van der Waals surface area contributed by atoms with Crippen LogP contribution in [0.5, 0.6) is 6.01 Å². The molecule has 0 spiro atoms. The zero-order valence-corrected chi connectivity index (χ0v) is 18.8. The van der Waals surface area contributed by atoms with Crippen LogP contribution in [0, 0.1) is 6.92 Å². The Morgan fingerprint density at radius 2 is 1.73 bits per heavy atom. The van der Waals surface area contributed by atoms with Gasteiger partial charge in [0.25, 0.3) is 0 Å². The third-order valence-electron chi connectivity index (χ3n) is 4.55. The molecule has 0 saturated carbocycles. The molecular weight excluding hydrogens is 451 g/mol. The first-order valence-electron chi connectivity index (χ1n) is 8.79. The highest BCUT2D eigenvalue weighted by molar-refractivity contribution is 7.87. The van der Waals surface area contributed by atoms with E-state index < -0.39 is 15.9 Å². The first kappa shape index (κ1) is 22.6. The third kappa shape index (κ3) is 4.63. The molecule has 0 unspecified atom stereocenters. The third-order valence-corrected chi connectivity index (χ3v) is 6.32. The van der Waals surface area contributed by atoms with E-state index in [4.69, 9.17) is 36.9 Å². The Bertz CT molecular complexity index is 1130. The molecule has 3 aromatic rings. The highest BCUT2D eigenvalue weighted by Gasteiger charge is 2.36. The van der Waals surface area contributed by atoms with Gasteiger partial charge in [0.1, 0.15) is 4.90 Å². The fraction of sp³-hybridized carbons (Fsp3) is 0.250. The Hall–Kier alpha value is -2.10. The SMILES string of the molecule is COC(Cn1ccnc1OS(=O)(=O)c1ccc(C)cc1)(OC)c1ccc(Cl)cc1Cl. The molecule has 0 N–H and O–H groups in total. The summed E-state index contributed by atoms with van der Waals surface area (Å²) in [7, 11) is -1.17.